The van der Waals surface area contributed by atoms with E-state index in [0.29, 0.717) is 42.5 Å². The van der Waals surface area contributed by atoms with Crippen LogP contribution in [0.1, 0.15) is 37.3 Å². The highest BCUT2D eigenvalue weighted by atomic mass is 16.5. The van der Waals surface area contributed by atoms with Crippen LogP contribution >= 0.6 is 0 Å². The van der Waals surface area contributed by atoms with Gasteiger partial charge in [-0.05, 0) is 55.9 Å². The van der Waals surface area contributed by atoms with Crippen molar-refractivity contribution in [3.05, 3.63) is 59.2 Å². The van der Waals surface area contributed by atoms with Crippen molar-refractivity contribution in [3.8, 4) is 29.1 Å². The Bertz CT molecular complexity index is 1230. The molecule has 0 atom stereocenters. The van der Waals surface area contributed by atoms with Crippen LogP contribution in [0.2, 0.25) is 0 Å². The molecule has 2 aliphatic heterocycles. The molecule has 7 heteroatoms. The van der Waals surface area contributed by atoms with E-state index in [-0.39, 0.29) is 17.2 Å². The molecule has 0 saturated carbocycles. The van der Waals surface area contributed by atoms with Crippen molar-refractivity contribution >= 4 is 17.9 Å². The van der Waals surface area contributed by atoms with E-state index >= 15 is 0 Å². The highest BCUT2D eigenvalue weighted by molar-refractivity contribution is 5.98. The molecule has 7 nitrogen and oxygen atoms in total. The van der Waals surface area contributed by atoms with Crippen LogP contribution in [-0.4, -0.2) is 69.1 Å². The Morgan fingerprint density at radius 1 is 0.865 bits per heavy atom. The Morgan fingerprint density at radius 3 is 2.08 bits per heavy atom. The molecule has 194 valence electrons. The number of ether oxygens (including phenoxy) is 3. The molecule has 2 aromatic carbocycles. The maximum Gasteiger partial charge on any atom is 0.298 e. The van der Waals surface area contributed by atoms with Crippen molar-refractivity contribution in [2.24, 2.45) is 5.41 Å². The number of carbonyl (C=O) groups is 2. The molecule has 0 unspecified atom stereocenters. The molecule has 2 aromatic rings. The predicted molar refractivity (Wildman–Crippen MR) is 143 cm³/mol. The molecule has 4 rings (SSSR count). The van der Waals surface area contributed by atoms with Gasteiger partial charge in [-0.2, -0.15) is 0 Å². The summed E-state index contributed by atoms with van der Waals surface area (Å²) in [6, 6.07) is 13.1. The van der Waals surface area contributed by atoms with E-state index in [9.17, 15) is 9.59 Å². The van der Waals surface area contributed by atoms with Crippen molar-refractivity contribution in [1.29, 1.82) is 0 Å². The molecule has 1 spiro atoms. The number of amides is 2. The minimum Gasteiger partial charge on any atom is -0.496 e. The molecule has 2 aliphatic rings. The highest BCUT2D eigenvalue weighted by Crippen LogP contribution is 2.41. The zero-order chi connectivity index (χ0) is 26.4. The van der Waals surface area contributed by atoms with Crippen molar-refractivity contribution in [2.75, 3.05) is 47.5 Å². The van der Waals surface area contributed by atoms with Crippen LogP contribution in [0.4, 0.5) is 0 Å². The lowest BCUT2D eigenvalue weighted by Gasteiger charge is -2.38. The van der Waals surface area contributed by atoms with Crippen molar-refractivity contribution in [2.45, 2.75) is 26.2 Å². The SMILES string of the molecule is COc1cc(OC)c(OC)cc1C=C(C)C(=O)N1CCC2(CCN(C(=O)C#Cc3ccccc3)CC2)C1. The number of piperidine rings is 1. The van der Waals surface area contributed by atoms with Crippen molar-refractivity contribution < 1.29 is 23.8 Å². The highest BCUT2D eigenvalue weighted by Gasteiger charge is 2.42. The number of benzene rings is 2. The molecule has 0 aliphatic carbocycles. The van der Waals surface area contributed by atoms with Crippen LogP contribution in [0.25, 0.3) is 6.08 Å². The summed E-state index contributed by atoms with van der Waals surface area (Å²) < 4.78 is 16.3. The summed E-state index contributed by atoms with van der Waals surface area (Å²) in [5.41, 5.74) is 2.28. The number of hydrogen-bond donors (Lipinski definition) is 0. The second kappa shape index (κ2) is 11.4. The molecule has 2 amide bonds. The second-order valence-electron chi connectivity index (χ2n) is 9.66. The van der Waals surface area contributed by atoms with Gasteiger partial charge in [0.2, 0.25) is 5.91 Å². The van der Waals surface area contributed by atoms with E-state index in [1.54, 1.807) is 27.4 Å². The van der Waals surface area contributed by atoms with Crippen LogP contribution in [0.15, 0.2) is 48.0 Å². The molecule has 37 heavy (non-hydrogen) atoms. The summed E-state index contributed by atoms with van der Waals surface area (Å²) in [4.78, 5) is 29.7. The Labute approximate surface area is 219 Å². The molecule has 2 heterocycles. The van der Waals surface area contributed by atoms with Gasteiger partial charge in [-0.15, -0.1) is 0 Å². The summed E-state index contributed by atoms with van der Waals surface area (Å²) in [6.07, 6.45) is 4.54. The third kappa shape index (κ3) is 5.91. The summed E-state index contributed by atoms with van der Waals surface area (Å²) in [5, 5.41) is 0. The number of rotatable bonds is 5. The molecular formula is C30H34N2O5. The molecule has 0 radical (unpaired) electrons. The normalized spacial score (nSPS) is 16.7. The van der Waals surface area contributed by atoms with E-state index in [0.717, 1.165) is 36.9 Å². The van der Waals surface area contributed by atoms with Crippen molar-refractivity contribution in [1.82, 2.24) is 9.80 Å². The quantitative estimate of drug-likeness (QED) is 0.457. The van der Waals surface area contributed by atoms with Gasteiger partial charge in [0.15, 0.2) is 11.5 Å². The first-order valence-electron chi connectivity index (χ1n) is 12.5. The molecule has 0 aromatic heterocycles. The first-order valence-corrected chi connectivity index (χ1v) is 12.5. The minimum atomic E-state index is -0.132. The van der Waals surface area contributed by atoms with Gasteiger partial charge in [0.05, 0.1) is 21.3 Å². The molecule has 0 bridgehead atoms. The first kappa shape index (κ1) is 26.2. The van der Waals surface area contributed by atoms with Gasteiger partial charge in [0.25, 0.3) is 5.91 Å². The summed E-state index contributed by atoms with van der Waals surface area (Å²) in [7, 11) is 4.74. The number of carbonyl (C=O) groups excluding carboxylic acids is 2. The number of hydrogen-bond acceptors (Lipinski definition) is 5. The van der Waals surface area contributed by atoms with Crippen LogP contribution in [0.5, 0.6) is 17.2 Å². The Balaban J connectivity index is 1.38. The summed E-state index contributed by atoms with van der Waals surface area (Å²) in [6.45, 7) is 4.59. The fourth-order valence-corrected chi connectivity index (χ4v) is 5.14. The van der Waals surface area contributed by atoms with E-state index in [1.165, 1.54) is 0 Å². The van der Waals surface area contributed by atoms with E-state index in [4.69, 9.17) is 14.2 Å². The van der Waals surface area contributed by atoms with Gasteiger partial charge in [0.1, 0.15) is 5.75 Å². The van der Waals surface area contributed by atoms with E-state index < -0.39 is 0 Å². The number of methoxy groups -OCH3 is 3. The van der Waals surface area contributed by atoms with Gasteiger partial charge in [-0.25, -0.2) is 0 Å². The lowest BCUT2D eigenvalue weighted by atomic mass is 9.78. The zero-order valence-electron chi connectivity index (χ0n) is 22.0. The molecular weight excluding hydrogens is 468 g/mol. The monoisotopic (exact) mass is 502 g/mol. The minimum absolute atomic E-state index is 0.0148. The largest absolute Gasteiger partial charge is 0.496 e. The van der Waals surface area contributed by atoms with Crippen LogP contribution in [0, 0.1) is 17.3 Å². The third-order valence-electron chi connectivity index (χ3n) is 7.37. The lowest BCUT2D eigenvalue weighted by molar-refractivity contribution is -0.129. The summed E-state index contributed by atoms with van der Waals surface area (Å²) >= 11 is 0. The van der Waals surface area contributed by atoms with Gasteiger partial charge in [-0.1, -0.05) is 24.1 Å². The fraction of sp³-hybridized carbons (Fsp3) is 0.400. The maximum absolute atomic E-state index is 13.3. The second-order valence-corrected chi connectivity index (χ2v) is 9.66. The number of likely N-dealkylation sites (tertiary alicyclic amines) is 2. The van der Waals surface area contributed by atoms with Crippen LogP contribution in [0.3, 0.4) is 0 Å². The van der Waals surface area contributed by atoms with Gasteiger partial charge < -0.3 is 24.0 Å². The maximum atomic E-state index is 13.3. The first-order chi connectivity index (χ1) is 17.9. The smallest absolute Gasteiger partial charge is 0.298 e. The Kier molecular flexibility index (Phi) is 8.08. The average molecular weight is 503 g/mol. The molecule has 0 N–H and O–H groups in total. The Hall–Kier alpha value is -3.92. The topological polar surface area (TPSA) is 68.3 Å². The van der Waals surface area contributed by atoms with Gasteiger partial charge in [-0.3, -0.25) is 9.59 Å². The molecule has 2 fully saturated rings. The van der Waals surface area contributed by atoms with Crippen molar-refractivity contribution in [3.63, 3.8) is 0 Å². The van der Waals surface area contributed by atoms with E-state index in [1.807, 2.05) is 59.2 Å². The van der Waals surface area contributed by atoms with Crippen LogP contribution in [-0.2, 0) is 9.59 Å². The van der Waals surface area contributed by atoms with E-state index in [2.05, 4.69) is 11.8 Å². The predicted octanol–water partition coefficient (Wildman–Crippen LogP) is 4.01. The fourth-order valence-electron chi connectivity index (χ4n) is 5.14. The standard InChI is InChI=1S/C30H34N2O5/c1-22(18-24-19-26(36-3)27(37-4)20-25(24)35-2)29(34)32-17-14-30(21-32)12-15-31(16-13-30)28(33)11-10-23-8-6-5-7-9-23/h5-9,18-20H,12-17,21H2,1-4H3. The number of nitrogens with zero attached hydrogens (tertiary/aromatic N) is 2. The van der Waals surface area contributed by atoms with Gasteiger partial charge in [0, 0.05) is 54.9 Å². The Morgan fingerprint density at radius 2 is 1.46 bits per heavy atom. The van der Waals surface area contributed by atoms with Gasteiger partial charge >= 0.3 is 0 Å². The zero-order valence-corrected chi connectivity index (χ0v) is 22.0. The summed E-state index contributed by atoms with van der Waals surface area (Å²) in [5.74, 6) is 7.36. The third-order valence-corrected chi connectivity index (χ3v) is 7.37. The molecule has 2 saturated heterocycles. The lowest BCUT2D eigenvalue weighted by Crippen LogP contribution is -2.44. The van der Waals surface area contributed by atoms with Crippen LogP contribution < -0.4 is 14.2 Å². The average Bonchev–Trinajstić information content (AvgIpc) is 3.35.